The average Bonchev–Trinajstić information content (AvgIpc) is 2.78. The molecule has 0 aliphatic rings. The number of hydrogen-bond donors (Lipinski definition) is 1. The molecule has 0 unspecified atom stereocenters. The third-order valence-corrected chi connectivity index (χ3v) is 7.49. The minimum Gasteiger partial charge on any atom is -0.348 e. The highest BCUT2D eigenvalue weighted by molar-refractivity contribution is 7.92. The molecule has 0 fully saturated rings. The van der Waals surface area contributed by atoms with Gasteiger partial charge < -0.3 is 5.32 Å². The van der Waals surface area contributed by atoms with E-state index in [0.29, 0.717) is 0 Å². The second-order valence-corrected chi connectivity index (χ2v) is 11.2. The first kappa shape index (κ1) is 24.8. The molecule has 5 nitrogen and oxygen atoms in total. The summed E-state index contributed by atoms with van der Waals surface area (Å²) in [5.74, 6) is -0.429. The van der Waals surface area contributed by atoms with Gasteiger partial charge in [-0.2, -0.15) is 0 Å². The first-order valence-electron chi connectivity index (χ1n) is 10.7. The molecule has 0 aliphatic heterocycles. The maximum Gasteiger partial charge on any atom is 0.264 e. The number of carbonyl (C=O) groups is 1. The summed E-state index contributed by atoms with van der Waals surface area (Å²) in [6.07, 6.45) is 0. The van der Waals surface area contributed by atoms with Crippen molar-refractivity contribution in [3.63, 3.8) is 0 Å². The van der Waals surface area contributed by atoms with E-state index in [1.807, 2.05) is 31.2 Å². The summed E-state index contributed by atoms with van der Waals surface area (Å²) in [4.78, 5) is 13.1. The smallest absolute Gasteiger partial charge is 0.264 e. The summed E-state index contributed by atoms with van der Waals surface area (Å²) in [6.45, 7) is 7.90. The van der Waals surface area contributed by atoms with E-state index in [1.54, 1.807) is 42.5 Å². The number of nitrogens with zero attached hydrogens (tertiary/aromatic N) is 1. The molecule has 0 spiro atoms. The fraction of sp³-hybridized carbons (Fsp3) is 0.269. The Morgan fingerprint density at radius 3 is 2.09 bits per heavy atom. The van der Waals surface area contributed by atoms with Gasteiger partial charge in [-0.05, 0) is 47.7 Å². The summed E-state index contributed by atoms with van der Waals surface area (Å²) in [5, 5.41) is 3.16. The van der Waals surface area contributed by atoms with Crippen molar-refractivity contribution < 1.29 is 13.2 Å². The lowest BCUT2D eigenvalue weighted by molar-refractivity contribution is -0.120. The number of anilines is 1. The van der Waals surface area contributed by atoms with E-state index in [4.69, 9.17) is 11.6 Å². The van der Waals surface area contributed by atoms with Gasteiger partial charge in [0.25, 0.3) is 10.0 Å². The van der Waals surface area contributed by atoms with Gasteiger partial charge in [0.1, 0.15) is 6.54 Å². The van der Waals surface area contributed by atoms with Gasteiger partial charge in [-0.25, -0.2) is 8.42 Å². The van der Waals surface area contributed by atoms with Crippen LogP contribution in [0.5, 0.6) is 0 Å². The Morgan fingerprint density at radius 2 is 1.52 bits per heavy atom. The van der Waals surface area contributed by atoms with Crippen LogP contribution in [0.4, 0.5) is 5.69 Å². The first-order valence-corrected chi connectivity index (χ1v) is 12.5. The zero-order valence-corrected chi connectivity index (χ0v) is 20.8. The number of rotatable bonds is 7. The predicted octanol–water partition coefficient (Wildman–Crippen LogP) is 5.71. The van der Waals surface area contributed by atoms with E-state index in [2.05, 4.69) is 26.1 Å². The monoisotopic (exact) mass is 484 g/mol. The van der Waals surface area contributed by atoms with Gasteiger partial charge in [0.2, 0.25) is 5.91 Å². The Morgan fingerprint density at radius 1 is 0.939 bits per heavy atom. The first-order chi connectivity index (χ1) is 15.5. The zero-order chi connectivity index (χ0) is 24.2. The minimum atomic E-state index is -4.01. The van der Waals surface area contributed by atoms with Crippen molar-refractivity contribution in [2.75, 3.05) is 10.8 Å². The molecule has 0 saturated carbocycles. The van der Waals surface area contributed by atoms with Gasteiger partial charge in [-0.3, -0.25) is 9.10 Å². The normalized spacial score (nSPS) is 12.8. The number of sulfonamides is 1. The number of para-hydroxylation sites is 1. The lowest BCUT2D eigenvalue weighted by Gasteiger charge is -2.26. The summed E-state index contributed by atoms with van der Waals surface area (Å²) in [6, 6.07) is 22.4. The molecule has 3 aromatic carbocycles. The lowest BCUT2D eigenvalue weighted by Crippen LogP contribution is -2.41. The number of amides is 1. The largest absolute Gasteiger partial charge is 0.348 e. The minimum absolute atomic E-state index is 0.0340. The van der Waals surface area contributed by atoms with Crippen molar-refractivity contribution >= 4 is 33.2 Å². The number of nitrogens with one attached hydrogen (secondary N) is 1. The molecule has 33 heavy (non-hydrogen) atoms. The summed E-state index contributed by atoms with van der Waals surface area (Å²) in [7, 11) is -4.01. The van der Waals surface area contributed by atoms with Crippen molar-refractivity contribution in [1.82, 2.24) is 5.32 Å². The average molecular weight is 485 g/mol. The molecule has 174 valence electrons. The quantitative estimate of drug-likeness (QED) is 0.467. The van der Waals surface area contributed by atoms with Crippen LogP contribution in [-0.4, -0.2) is 20.9 Å². The van der Waals surface area contributed by atoms with Gasteiger partial charge in [-0.1, -0.05) is 87.0 Å². The van der Waals surface area contributed by atoms with Crippen molar-refractivity contribution in [2.45, 2.75) is 44.0 Å². The molecule has 3 rings (SSSR count). The van der Waals surface area contributed by atoms with Crippen LogP contribution in [0.2, 0.25) is 5.02 Å². The molecule has 0 aliphatic carbocycles. The van der Waals surface area contributed by atoms with Crippen molar-refractivity contribution in [3.8, 4) is 0 Å². The molecule has 7 heteroatoms. The van der Waals surface area contributed by atoms with Crippen molar-refractivity contribution in [1.29, 1.82) is 0 Å². The number of halogens is 1. The number of carbonyl (C=O) groups excluding carboxylic acids is 1. The van der Waals surface area contributed by atoms with Crippen LogP contribution < -0.4 is 9.62 Å². The molecule has 1 atom stereocenters. The molecule has 1 amide bonds. The molecule has 0 saturated heterocycles. The standard InChI is InChI=1S/C26H29ClN2O3S/c1-19(20-14-16-21(17-15-20)26(2,3)4)28-25(30)18-29(24-13-9-8-12-23(24)27)33(31,32)22-10-6-5-7-11-22/h5-17,19H,18H2,1-4H3,(H,28,30)/t19-/m1/s1. The molecule has 0 heterocycles. The predicted molar refractivity (Wildman–Crippen MR) is 134 cm³/mol. The van der Waals surface area contributed by atoms with Crippen LogP contribution in [0.3, 0.4) is 0 Å². The van der Waals surface area contributed by atoms with E-state index in [0.717, 1.165) is 9.87 Å². The molecule has 1 N–H and O–H groups in total. The van der Waals surface area contributed by atoms with Crippen LogP contribution >= 0.6 is 11.6 Å². The molecule has 0 radical (unpaired) electrons. The highest BCUT2D eigenvalue weighted by atomic mass is 35.5. The Bertz CT molecular complexity index is 1200. The van der Waals surface area contributed by atoms with E-state index >= 15 is 0 Å². The third-order valence-electron chi connectivity index (χ3n) is 5.39. The van der Waals surface area contributed by atoms with Crippen LogP contribution in [0.15, 0.2) is 83.8 Å². The van der Waals surface area contributed by atoms with Gasteiger partial charge in [0.05, 0.1) is 21.6 Å². The number of benzene rings is 3. The lowest BCUT2D eigenvalue weighted by atomic mass is 9.86. The maximum atomic E-state index is 13.4. The molecular weight excluding hydrogens is 456 g/mol. The van der Waals surface area contributed by atoms with Crippen molar-refractivity contribution in [3.05, 3.63) is 95.0 Å². The van der Waals surface area contributed by atoms with Crippen molar-refractivity contribution in [2.24, 2.45) is 0 Å². The second-order valence-electron chi connectivity index (χ2n) is 8.94. The number of hydrogen-bond acceptors (Lipinski definition) is 3. The molecule has 0 aromatic heterocycles. The Kier molecular flexibility index (Phi) is 7.50. The maximum absolute atomic E-state index is 13.4. The fourth-order valence-corrected chi connectivity index (χ4v) is 5.19. The summed E-state index contributed by atoms with van der Waals surface area (Å²) in [5.41, 5.74) is 2.42. The molecular formula is C26H29ClN2O3S. The third kappa shape index (κ3) is 5.95. The van der Waals surface area contributed by atoms with E-state index in [9.17, 15) is 13.2 Å². The Hall–Kier alpha value is -2.83. The van der Waals surface area contributed by atoms with Crippen LogP contribution in [0, 0.1) is 0 Å². The highest BCUT2D eigenvalue weighted by Gasteiger charge is 2.29. The molecule has 0 bridgehead atoms. The van der Waals surface area contributed by atoms with Gasteiger partial charge >= 0.3 is 0 Å². The van der Waals surface area contributed by atoms with Gasteiger partial charge in [0, 0.05) is 0 Å². The second kappa shape index (κ2) is 9.98. The topological polar surface area (TPSA) is 66.5 Å². The van der Waals surface area contributed by atoms with E-state index < -0.39 is 22.5 Å². The Balaban J connectivity index is 1.84. The van der Waals surface area contributed by atoms with Crippen LogP contribution in [0.25, 0.3) is 0 Å². The Labute approximate surface area is 201 Å². The zero-order valence-electron chi connectivity index (χ0n) is 19.2. The summed E-state index contributed by atoms with van der Waals surface area (Å²) < 4.78 is 27.8. The highest BCUT2D eigenvalue weighted by Crippen LogP contribution is 2.30. The van der Waals surface area contributed by atoms with E-state index in [-0.39, 0.29) is 27.1 Å². The molecule has 3 aromatic rings. The summed E-state index contributed by atoms with van der Waals surface area (Å²) >= 11 is 6.31. The van der Waals surface area contributed by atoms with Crippen LogP contribution in [-0.2, 0) is 20.2 Å². The SMILES string of the molecule is C[C@@H](NC(=O)CN(c1ccccc1Cl)S(=O)(=O)c1ccccc1)c1ccc(C(C)(C)C)cc1. The van der Waals surface area contributed by atoms with Gasteiger partial charge in [0.15, 0.2) is 0 Å². The van der Waals surface area contributed by atoms with Crippen LogP contribution in [0.1, 0.15) is 44.9 Å². The van der Waals surface area contributed by atoms with Gasteiger partial charge in [-0.15, -0.1) is 0 Å². The fourth-order valence-electron chi connectivity index (χ4n) is 3.45. The van der Waals surface area contributed by atoms with E-state index in [1.165, 1.54) is 17.7 Å².